The van der Waals surface area contributed by atoms with E-state index >= 15 is 0 Å². The number of carbonyl (C=O) groups excluding carboxylic acids is 1. The summed E-state index contributed by atoms with van der Waals surface area (Å²) in [5.41, 5.74) is 0.734. The normalized spacial score (nSPS) is 13.3. The van der Waals surface area contributed by atoms with Crippen molar-refractivity contribution >= 4 is 11.9 Å². The average Bonchev–Trinajstić information content (AvgIpc) is 2.97. The molecule has 1 amide bonds. The number of halogens is 1. The van der Waals surface area contributed by atoms with Crippen LogP contribution < -0.4 is 5.32 Å². The molecule has 2 aromatic rings. The molecule has 24 heavy (non-hydrogen) atoms. The minimum absolute atomic E-state index is 0.00470. The van der Waals surface area contributed by atoms with E-state index in [1.54, 1.807) is 19.1 Å². The predicted octanol–water partition coefficient (Wildman–Crippen LogP) is 0.741. The summed E-state index contributed by atoms with van der Waals surface area (Å²) in [7, 11) is 0. The first-order valence-electron chi connectivity index (χ1n) is 7.38. The van der Waals surface area contributed by atoms with Gasteiger partial charge >= 0.3 is 5.97 Å². The molecule has 128 valence electrons. The van der Waals surface area contributed by atoms with Gasteiger partial charge in [-0.15, -0.1) is 5.10 Å². The fourth-order valence-electron chi connectivity index (χ4n) is 2.12. The van der Waals surface area contributed by atoms with E-state index in [1.807, 2.05) is 0 Å². The van der Waals surface area contributed by atoms with Crippen LogP contribution in [0.3, 0.4) is 0 Å². The number of benzene rings is 1. The Morgan fingerprint density at radius 2 is 2.00 bits per heavy atom. The van der Waals surface area contributed by atoms with Crippen LogP contribution >= 0.6 is 0 Å². The van der Waals surface area contributed by atoms with Crippen LogP contribution in [0.15, 0.2) is 24.3 Å². The first-order chi connectivity index (χ1) is 11.4. The number of nitrogens with one attached hydrogen (secondary N) is 1. The molecule has 2 rings (SSSR count). The summed E-state index contributed by atoms with van der Waals surface area (Å²) < 4.78 is 14.4. The summed E-state index contributed by atoms with van der Waals surface area (Å²) in [6, 6.07) is 5.02. The number of amides is 1. The topological polar surface area (TPSA) is 110 Å². The lowest BCUT2D eigenvalue weighted by molar-refractivity contribution is -0.141. The highest BCUT2D eigenvalue weighted by Gasteiger charge is 2.25. The Morgan fingerprint density at radius 1 is 1.33 bits per heavy atom. The molecule has 0 aliphatic carbocycles. The maximum atomic E-state index is 13.0. The Labute approximate surface area is 137 Å². The summed E-state index contributed by atoms with van der Waals surface area (Å²) in [5, 5.41) is 22.6. The van der Waals surface area contributed by atoms with Crippen molar-refractivity contribution in [1.82, 2.24) is 25.5 Å². The van der Waals surface area contributed by atoms with Crippen molar-refractivity contribution in [3.05, 3.63) is 41.5 Å². The molecule has 0 aliphatic heterocycles. The summed E-state index contributed by atoms with van der Waals surface area (Å²) in [4.78, 5) is 23.4. The molecule has 2 atom stereocenters. The minimum Gasteiger partial charge on any atom is -0.481 e. The fourth-order valence-corrected chi connectivity index (χ4v) is 2.12. The molecule has 1 heterocycles. The smallest absolute Gasteiger partial charge is 0.308 e. The highest BCUT2D eigenvalue weighted by molar-refractivity contribution is 5.81. The molecule has 2 unspecified atom stereocenters. The lowest BCUT2D eigenvalue weighted by atomic mass is 10.0. The lowest BCUT2D eigenvalue weighted by Crippen LogP contribution is -2.38. The van der Waals surface area contributed by atoms with Crippen LogP contribution in [0.25, 0.3) is 0 Å². The highest BCUT2D eigenvalue weighted by Crippen LogP contribution is 2.16. The number of hydrogen-bond acceptors (Lipinski definition) is 5. The summed E-state index contributed by atoms with van der Waals surface area (Å²) in [6.45, 7) is 3.15. The number of aliphatic carboxylic acids is 1. The summed E-state index contributed by atoms with van der Waals surface area (Å²) >= 11 is 0. The fraction of sp³-hybridized carbons (Fsp3) is 0.400. The molecule has 0 aliphatic rings. The van der Waals surface area contributed by atoms with Crippen LogP contribution in [0.1, 0.15) is 24.4 Å². The van der Waals surface area contributed by atoms with Gasteiger partial charge in [-0.1, -0.05) is 19.1 Å². The number of aromatic nitrogens is 4. The van der Waals surface area contributed by atoms with Crippen molar-refractivity contribution < 1.29 is 19.1 Å². The number of carboxylic acids is 1. The van der Waals surface area contributed by atoms with Gasteiger partial charge in [-0.3, -0.25) is 9.59 Å². The van der Waals surface area contributed by atoms with Gasteiger partial charge in [-0.25, -0.2) is 9.07 Å². The van der Waals surface area contributed by atoms with E-state index in [2.05, 4.69) is 20.8 Å². The van der Waals surface area contributed by atoms with Gasteiger partial charge in [-0.05, 0) is 35.0 Å². The third-order valence-electron chi connectivity index (χ3n) is 3.60. The van der Waals surface area contributed by atoms with Gasteiger partial charge in [0, 0.05) is 13.0 Å². The molecular weight excluding hydrogens is 317 g/mol. The number of carboxylic acid groups (broad SMARTS) is 1. The van der Waals surface area contributed by atoms with E-state index in [1.165, 1.54) is 23.7 Å². The van der Waals surface area contributed by atoms with Crippen LogP contribution in [0.4, 0.5) is 4.39 Å². The molecule has 1 aromatic carbocycles. The first kappa shape index (κ1) is 17.5. The van der Waals surface area contributed by atoms with Gasteiger partial charge in [0.05, 0.1) is 5.92 Å². The lowest BCUT2D eigenvalue weighted by Gasteiger charge is -2.18. The molecule has 9 heteroatoms. The number of tetrazole rings is 1. The van der Waals surface area contributed by atoms with Gasteiger partial charge in [0.15, 0.2) is 0 Å². The molecule has 0 fully saturated rings. The number of carbonyl (C=O) groups is 2. The molecule has 0 bridgehead atoms. The predicted molar refractivity (Wildman–Crippen MR) is 81.5 cm³/mol. The Hall–Kier alpha value is -2.84. The molecule has 0 radical (unpaired) electrons. The zero-order valence-corrected chi connectivity index (χ0v) is 13.3. The Morgan fingerprint density at radius 3 is 2.54 bits per heavy atom. The largest absolute Gasteiger partial charge is 0.481 e. The Balaban J connectivity index is 2.17. The van der Waals surface area contributed by atoms with Crippen molar-refractivity contribution in [3.63, 3.8) is 0 Å². The second-order valence-electron chi connectivity index (χ2n) is 5.50. The van der Waals surface area contributed by atoms with Gasteiger partial charge < -0.3 is 10.4 Å². The van der Waals surface area contributed by atoms with Gasteiger partial charge in [0.1, 0.15) is 17.7 Å². The third-order valence-corrected chi connectivity index (χ3v) is 3.60. The maximum absolute atomic E-state index is 13.0. The Bertz CT molecular complexity index is 716. The van der Waals surface area contributed by atoms with Crippen LogP contribution in [0, 0.1) is 18.7 Å². The van der Waals surface area contributed by atoms with Crippen molar-refractivity contribution in [2.75, 3.05) is 6.54 Å². The quantitative estimate of drug-likeness (QED) is 0.772. The molecule has 0 spiro atoms. The number of hydrogen-bond donors (Lipinski definition) is 2. The van der Waals surface area contributed by atoms with Crippen LogP contribution in [0.5, 0.6) is 0 Å². The minimum atomic E-state index is -0.996. The summed E-state index contributed by atoms with van der Waals surface area (Å²) in [5.74, 6) is -2.03. The second-order valence-corrected chi connectivity index (χ2v) is 5.50. The highest BCUT2D eigenvalue weighted by atomic mass is 19.1. The van der Waals surface area contributed by atoms with Crippen LogP contribution in [-0.4, -0.2) is 43.7 Å². The number of rotatable bonds is 7. The van der Waals surface area contributed by atoms with E-state index in [4.69, 9.17) is 5.11 Å². The number of nitrogens with zero attached hydrogens (tertiary/aromatic N) is 4. The SMILES string of the molecule is Cc1nnnn1C(Cc1ccc(F)cc1)C(=O)NCC(C)C(=O)O. The average molecular weight is 335 g/mol. The summed E-state index contributed by atoms with van der Waals surface area (Å²) in [6.07, 6.45) is 0.249. The van der Waals surface area contributed by atoms with E-state index in [0.29, 0.717) is 5.82 Å². The van der Waals surface area contributed by atoms with E-state index in [-0.39, 0.29) is 18.8 Å². The van der Waals surface area contributed by atoms with Crippen LogP contribution in [0.2, 0.25) is 0 Å². The monoisotopic (exact) mass is 335 g/mol. The van der Waals surface area contributed by atoms with Gasteiger partial charge in [0.2, 0.25) is 5.91 Å². The van der Waals surface area contributed by atoms with E-state index in [0.717, 1.165) is 5.56 Å². The van der Waals surface area contributed by atoms with Gasteiger partial charge in [-0.2, -0.15) is 0 Å². The van der Waals surface area contributed by atoms with Crippen molar-refractivity contribution in [3.8, 4) is 0 Å². The third kappa shape index (κ3) is 4.34. The van der Waals surface area contributed by atoms with Gasteiger partial charge in [0.25, 0.3) is 0 Å². The molecule has 2 N–H and O–H groups in total. The zero-order chi connectivity index (χ0) is 17.7. The second kappa shape index (κ2) is 7.62. The zero-order valence-electron chi connectivity index (χ0n) is 13.3. The Kier molecular flexibility index (Phi) is 5.56. The van der Waals surface area contributed by atoms with E-state index in [9.17, 15) is 14.0 Å². The maximum Gasteiger partial charge on any atom is 0.308 e. The first-order valence-corrected chi connectivity index (χ1v) is 7.38. The van der Waals surface area contributed by atoms with Crippen molar-refractivity contribution in [1.29, 1.82) is 0 Å². The molecule has 8 nitrogen and oxygen atoms in total. The van der Waals surface area contributed by atoms with Crippen LogP contribution in [-0.2, 0) is 16.0 Å². The molecular formula is C15H18FN5O3. The van der Waals surface area contributed by atoms with Crippen molar-refractivity contribution in [2.45, 2.75) is 26.3 Å². The standard InChI is InChI=1S/C15H18FN5O3/c1-9(15(23)24)8-17-14(22)13(21-10(2)18-19-20-21)7-11-3-5-12(16)6-4-11/h3-6,9,13H,7-8H2,1-2H3,(H,17,22)(H,23,24). The molecule has 0 saturated carbocycles. The number of aryl methyl sites for hydroxylation is 1. The molecule has 1 aromatic heterocycles. The molecule has 0 saturated heterocycles. The van der Waals surface area contributed by atoms with E-state index < -0.39 is 23.8 Å². The van der Waals surface area contributed by atoms with Crippen molar-refractivity contribution in [2.24, 2.45) is 5.92 Å².